The van der Waals surface area contributed by atoms with Gasteiger partial charge in [0.15, 0.2) is 5.65 Å². The number of amides is 2. The molecule has 1 unspecified atom stereocenters. The van der Waals surface area contributed by atoms with E-state index in [-0.39, 0.29) is 17.6 Å². The number of fused-ring (bicyclic) bond motifs is 1. The van der Waals surface area contributed by atoms with Gasteiger partial charge < -0.3 is 15.2 Å². The van der Waals surface area contributed by atoms with Crippen molar-refractivity contribution < 1.29 is 4.79 Å². The Balaban J connectivity index is 1.51. The van der Waals surface area contributed by atoms with E-state index in [0.717, 1.165) is 39.0 Å². The van der Waals surface area contributed by atoms with Crippen molar-refractivity contribution in [3.8, 4) is 0 Å². The average molecular weight is 331 g/mol. The molecule has 128 valence electrons. The lowest BCUT2D eigenvalue weighted by atomic mass is 10.0. The van der Waals surface area contributed by atoms with Crippen molar-refractivity contribution in [2.45, 2.75) is 25.4 Å². The van der Waals surface area contributed by atoms with Crippen LogP contribution in [-0.4, -0.2) is 67.8 Å². The van der Waals surface area contributed by atoms with Crippen molar-refractivity contribution in [1.82, 2.24) is 34.9 Å². The Morgan fingerprint density at radius 2 is 2.21 bits per heavy atom. The van der Waals surface area contributed by atoms with Crippen molar-refractivity contribution in [2.75, 3.05) is 26.2 Å². The second kappa shape index (κ2) is 5.90. The second-order valence-electron chi connectivity index (χ2n) is 6.47. The first-order valence-electron chi connectivity index (χ1n) is 8.29. The molecule has 9 heteroatoms. The Morgan fingerprint density at radius 1 is 1.33 bits per heavy atom. The van der Waals surface area contributed by atoms with Crippen LogP contribution in [-0.2, 0) is 13.6 Å². The Kier molecular flexibility index (Phi) is 3.72. The molecule has 2 saturated heterocycles. The maximum atomic E-state index is 12.1. The molecule has 1 atom stereocenters. The summed E-state index contributed by atoms with van der Waals surface area (Å²) in [6.45, 7) is 3.82. The van der Waals surface area contributed by atoms with E-state index in [1.165, 1.54) is 6.20 Å². The summed E-state index contributed by atoms with van der Waals surface area (Å²) >= 11 is 0. The first-order valence-corrected chi connectivity index (χ1v) is 8.29. The van der Waals surface area contributed by atoms with Crippen LogP contribution in [0.2, 0.25) is 0 Å². The third-order valence-corrected chi connectivity index (χ3v) is 4.84. The highest BCUT2D eigenvalue weighted by molar-refractivity contribution is 5.76. The first kappa shape index (κ1) is 15.1. The summed E-state index contributed by atoms with van der Waals surface area (Å²) in [5, 5.41) is 7.45. The lowest BCUT2D eigenvalue weighted by Gasteiger charge is -2.36. The van der Waals surface area contributed by atoms with Gasteiger partial charge in [0, 0.05) is 32.7 Å². The predicted octanol–water partition coefficient (Wildman–Crippen LogP) is -0.354. The predicted molar refractivity (Wildman–Crippen MR) is 87.5 cm³/mol. The van der Waals surface area contributed by atoms with Gasteiger partial charge in [0.2, 0.25) is 0 Å². The first-order chi connectivity index (χ1) is 11.6. The number of urea groups is 1. The van der Waals surface area contributed by atoms with E-state index < -0.39 is 0 Å². The Bertz CT molecular complexity index is 827. The van der Waals surface area contributed by atoms with E-state index in [9.17, 15) is 9.59 Å². The number of carbonyl (C=O) groups excluding carboxylic acids is 1. The monoisotopic (exact) mass is 331 g/mol. The van der Waals surface area contributed by atoms with E-state index in [2.05, 4.69) is 25.3 Å². The van der Waals surface area contributed by atoms with Crippen LogP contribution in [0.4, 0.5) is 4.79 Å². The molecule has 0 radical (unpaired) electrons. The van der Waals surface area contributed by atoms with Crippen molar-refractivity contribution in [3.63, 3.8) is 0 Å². The molecule has 2 aromatic rings. The number of piperidine rings is 1. The van der Waals surface area contributed by atoms with Gasteiger partial charge in [0.05, 0.1) is 12.7 Å². The highest BCUT2D eigenvalue weighted by atomic mass is 16.2. The Hall–Kier alpha value is -2.42. The lowest BCUT2D eigenvalue weighted by molar-refractivity contribution is 0.120. The minimum absolute atomic E-state index is 0.0321. The maximum Gasteiger partial charge on any atom is 0.317 e. The quantitative estimate of drug-likeness (QED) is 0.801. The molecule has 2 fully saturated rings. The molecular weight excluding hydrogens is 310 g/mol. The second-order valence-corrected chi connectivity index (χ2v) is 6.47. The molecule has 24 heavy (non-hydrogen) atoms. The van der Waals surface area contributed by atoms with Gasteiger partial charge in [-0.15, -0.1) is 0 Å². The molecule has 0 spiro atoms. The zero-order valence-corrected chi connectivity index (χ0v) is 13.7. The largest absolute Gasteiger partial charge is 0.336 e. The third kappa shape index (κ3) is 2.64. The topological polar surface area (TPSA) is 99.1 Å². The summed E-state index contributed by atoms with van der Waals surface area (Å²) in [7, 11) is 1.78. The maximum absolute atomic E-state index is 12.1. The van der Waals surface area contributed by atoms with Gasteiger partial charge in [-0.1, -0.05) is 0 Å². The van der Waals surface area contributed by atoms with Crippen molar-refractivity contribution in [2.24, 2.45) is 7.05 Å². The van der Waals surface area contributed by atoms with Crippen LogP contribution in [0.5, 0.6) is 0 Å². The molecule has 2 amide bonds. The van der Waals surface area contributed by atoms with Gasteiger partial charge in [-0.2, -0.15) is 5.10 Å². The fraction of sp³-hybridized carbons (Fsp3) is 0.600. The number of hydrogen-bond donors (Lipinski definition) is 2. The van der Waals surface area contributed by atoms with Crippen LogP contribution in [0.1, 0.15) is 18.7 Å². The third-order valence-electron chi connectivity index (χ3n) is 4.84. The Labute approximate surface area is 138 Å². The summed E-state index contributed by atoms with van der Waals surface area (Å²) in [6, 6.07) is 0.262. The smallest absolute Gasteiger partial charge is 0.317 e. The molecule has 0 aromatic carbocycles. The molecule has 2 aliphatic heterocycles. The van der Waals surface area contributed by atoms with Gasteiger partial charge in [0.25, 0.3) is 5.56 Å². The van der Waals surface area contributed by atoms with Crippen LogP contribution in [0.3, 0.4) is 0 Å². The van der Waals surface area contributed by atoms with Gasteiger partial charge in [0.1, 0.15) is 11.2 Å². The minimum atomic E-state index is -0.157. The van der Waals surface area contributed by atoms with Crippen LogP contribution >= 0.6 is 0 Å². The summed E-state index contributed by atoms with van der Waals surface area (Å²) in [5.41, 5.74) is 0.441. The highest BCUT2D eigenvalue weighted by Gasteiger charge is 2.31. The molecule has 0 aliphatic carbocycles. The van der Waals surface area contributed by atoms with E-state index in [1.807, 2.05) is 4.90 Å². The number of carbonyl (C=O) groups is 1. The van der Waals surface area contributed by atoms with Gasteiger partial charge >= 0.3 is 6.03 Å². The molecule has 4 heterocycles. The fourth-order valence-electron chi connectivity index (χ4n) is 3.63. The van der Waals surface area contributed by atoms with E-state index >= 15 is 0 Å². The number of aromatic nitrogens is 4. The standard InChI is InChI=1S/C15H21N7O2/c1-20-13-11(7-17-20)14(23)19-12(18-13)9-21-5-2-3-10(8-21)22-6-4-16-15(22)24/h7,10H,2-6,8-9H2,1H3,(H,16,24)(H,18,19,23). The number of likely N-dealkylation sites (tertiary alicyclic amines) is 1. The van der Waals surface area contributed by atoms with E-state index in [0.29, 0.717) is 23.4 Å². The molecule has 0 saturated carbocycles. The molecular formula is C15H21N7O2. The number of rotatable bonds is 3. The van der Waals surface area contributed by atoms with Gasteiger partial charge in [-0.25, -0.2) is 9.78 Å². The van der Waals surface area contributed by atoms with Crippen LogP contribution in [0.25, 0.3) is 11.0 Å². The summed E-state index contributed by atoms with van der Waals surface area (Å²) in [5.74, 6) is 0.641. The number of nitrogens with zero attached hydrogens (tertiary/aromatic N) is 5. The summed E-state index contributed by atoms with van der Waals surface area (Å²) in [6.07, 6.45) is 3.59. The van der Waals surface area contributed by atoms with E-state index in [4.69, 9.17) is 0 Å². The van der Waals surface area contributed by atoms with E-state index in [1.54, 1.807) is 11.7 Å². The number of H-pyrrole nitrogens is 1. The lowest BCUT2D eigenvalue weighted by Crippen LogP contribution is -2.48. The molecule has 2 aromatic heterocycles. The van der Waals surface area contributed by atoms with Crippen LogP contribution < -0.4 is 10.9 Å². The number of aryl methyl sites for hydroxylation is 1. The highest BCUT2D eigenvalue weighted by Crippen LogP contribution is 2.19. The minimum Gasteiger partial charge on any atom is -0.336 e. The molecule has 4 rings (SSSR count). The molecule has 9 nitrogen and oxygen atoms in total. The number of hydrogen-bond acceptors (Lipinski definition) is 5. The molecule has 0 bridgehead atoms. The normalized spacial score (nSPS) is 22.3. The SMILES string of the molecule is Cn1ncc2c(=O)[nH]c(CN3CCCC(N4CCNC4=O)C3)nc21. The summed E-state index contributed by atoms with van der Waals surface area (Å²) in [4.78, 5) is 35.6. The Morgan fingerprint density at radius 3 is 3.00 bits per heavy atom. The van der Waals surface area contributed by atoms with Crippen LogP contribution in [0.15, 0.2) is 11.0 Å². The molecule has 2 aliphatic rings. The van der Waals surface area contributed by atoms with Gasteiger partial charge in [-0.3, -0.25) is 14.4 Å². The number of aromatic amines is 1. The van der Waals surface area contributed by atoms with Gasteiger partial charge in [-0.05, 0) is 19.4 Å². The molecule has 2 N–H and O–H groups in total. The van der Waals surface area contributed by atoms with Crippen LogP contribution in [0, 0.1) is 0 Å². The summed E-state index contributed by atoms with van der Waals surface area (Å²) < 4.78 is 1.61. The van der Waals surface area contributed by atoms with Crippen molar-refractivity contribution in [3.05, 3.63) is 22.4 Å². The fourth-order valence-corrected chi connectivity index (χ4v) is 3.63. The zero-order chi connectivity index (χ0) is 16.7. The van der Waals surface area contributed by atoms with Crippen molar-refractivity contribution in [1.29, 1.82) is 0 Å². The van der Waals surface area contributed by atoms with Crippen molar-refractivity contribution >= 4 is 17.1 Å². The average Bonchev–Trinajstić information content (AvgIpc) is 3.15. The number of nitrogens with one attached hydrogen (secondary N) is 2. The zero-order valence-electron chi connectivity index (χ0n) is 13.7.